The van der Waals surface area contributed by atoms with Gasteiger partial charge < -0.3 is 18.6 Å². The molecule has 1 fully saturated rings. The van der Waals surface area contributed by atoms with Crippen molar-refractivity contribution in [2.45, 2.75) is 45.3 Å². The van der Waals surface area contributed by atoms with Crippen molar-refractivity contribution in [3.05, 3.63) is 64.3 Å². The quantitative estimate of drug-likeness (QED) is 0.447. The molecule has 0 amide bonds. The average molecular weight is 436 g/mol. The van der Waals surface area contributed by atoms with Crippen molar-refractivity contribution in [2.24, 2.45) is 0 Å². The summed E-state index contributed by atoms with van der Waals surface area (Å²) in [6, 6.07) is 13.8. The molecule has 0 N–H and O–H groups in total. The van der Waals surface area contributed by atoms with Gasteiger partial charge in [-0.05, 0) is 26.0 Å². The van der Waals surface area contributed by atoms with Crippen LogP contribution in [0.4, 0.5) is 0 Å². The molecule has 2 heterocycles. The number of carbonyl (C=O) groups excluding carboxylic acids is 2. The summed E-state index contributed by atoms with van der Waals surface area (Å²) < 4.78 is 23.3. The van der Waals surface area contributed by atoms with Crippen LogP contribution in [0.5, 0.6) is 5.75 Å². The third-order valence-corrected chi connectivity index (χ3v) is 5.56. The number of rotatable bonds is 4. The van der Waals surface area contributed by atoms with E-state index in [9.17, 15) is 14.4 Å². The average Bonchev–Trinajstić information content (AvgIpc) is 3.01. The summed E-state index contributed by atoms with van der Waals surface area (Å²) in [5.74, 6) is -0.872. The summed E-state index contributed by atoms with van der Waals surface area (Å²) >= 11 is 0. The Hall–Kier alpha value is -3.45. The third kappa shape index (κ3) is 4.03. The molecule has 0 spiro atoms. The fourth-order valence-corrected chi connectivity index (χ4v) is 4.16. The maximum absolute atomic E-state index is 13.0. The minimum Gasteiger partial charge on any atom is -0.459 e. The van der Waals surface area contributed by atoms with E-state index in [1.165, 1.54) is 19.9 Å². The Labute approximate surface area is 184 Å². The van der Waals surface area contributed by atoms with Crippen LogP contribution in [0.15, 0.2) is 57.7 Å². The van der Waals surface area contributed by atoms with Gasteiger partial charge in [-0.15, -0.1) is 0 Å². The highest BCUT2D eigenvalue weighted by atomic mass is 16.6. The van der Waals surface area contributed by atoms with Crippen LogP contribution >= 0.6 is 0 Å². The van der Waals surface area contributed by atoms with Gasteiger partial charge in [-0.2, -0.15) is 0 Å². The van der Waals surface area contributed by atoms with E-state index in [4.69, 9.17) is 18.6 Å². The van der Waals surface area contributed by atoms with Crippen LogP contribution in [0.3, 0.4) is 0 Å². The second-order valence-corrected chi connectivity index (χ2v) is 8.34. The van der Waals surface area contributed by atoms with Gasteiger partial charge >= 0.3 is 11.9 Å². The van der Waals surface area contributed by atoms with E-state index < -0.39 is 29.6 Å². The Bertz CT molecular complexity index is 1240. The van der Waals surface area contributed by atoms with Gasteiger partial charge in [0.05, 0.1) is 17.9 Å². The van der Waals surface area contributed by atoms with E-state index in [0.717, 1.165) is 5.56 Å². The van der Waals surface area contributed by atoms with Gasteiger partial charge in [-0.25, -0.2) is 0 Å². The molecule has 1 aliphatic heterocycles. The summed E-state index contributed by atoms with van der Waals surface area (Å²) in [6.45, 7) is 6.46. The predicted octanol–water partition coefficient (Wildman–Crippen LogP) is 4.21. The number of esters is 2. The zero-order valence-electron chi connectivity index (χ0n) is 18.3. The van der Waals surface area contributed by atoms with Crippen molar-refractivity contribution in [2.75, 3.05) is 6.61 Å². The molecule has 4 rings (SSSR count). The van der Waals surface area contributed by atoms with Crippen molar-refractivity contribution < 1.29 is 28.2 Å². The maximum Gasteiger partial charge on any atom is 0.308 e. The van der Waals surface area contributed by atoms with Crippen molar-refractivity contribution in [3.8, 4) is 17.1 Å². The van der Waals surface area contributed by atoms with Crippen molar-refractivity contribution in [1.29, 1.82) is 0 Å². The number of hydrogen-bond donors (Lipinski definition) is 0. The SMILES string of the molecule is CC(=O)Oc1ccc2c(=O)cc(-c3ccccc3)oc2c1C1COC(C)(C)C1OC(C)=O. The van der Waals surface area contributed by atoms with E-state index in [-0.39, 0.29) is 23.4 Å². The van der Waals surface area contributed by atoms with E-state index in [2.05, 4.69) is 0 Å². The summed E-state index contributed by atoms with van der Waals surface area (Å²) in [7, 11) is 0. The molecule has 1 saturated heterocycles. The molecule has 7 nitrogen and oxygen atoms in total. The van der Waals surface area contributed by atoms with Crippen LogP contribution in [-0.2, 0) is 19.1 Å². The van der Waals surface area contributed by atoms with Crippen LogP contribution in [0.25, 0.3) is 22.3 Å². The Morgan fingerprint density at radius 1 is 1.03 bits per heavy atom. The summed E-state index contributed by atoms with van der Waals surface area (Å²) in [5.41, 5.74) is 0.448. The van der Waals surface area contributed by atoms with Crippen LogP contribution in [-0.4, -0.2) is 30.3 Å². The van der Waals surface area contributed by atoms with E-state index in [1.54, 1.807) is 12.1 Å². The minimum atomic E-state index is -0.788. The molecule has 1 aliphatic rings. The summed E-state index contributed by atoms with van der Waals surface area (Å²) in [5, 5.41) is 0.335. The van der Waals surface area contributed by atoms with E-state index >= 15 is 0 Å². The van der Waals surface area contributed by atoms with Crippen molar-refractivity contribution in [1.82, 2.24) is 0 Å². The molecule has 7 heteroatoms. The summed E-state index contributed by atoms with van der Waals surface area (Å²) in [6.07, 6.45) is -0.675. The molecular weight excluding hydrogens is 412 g/mol. The van der Waals surface area contributed by atoms with Gasteiger partial charge in [0.1, 0.15) is 28.8 Å². The molecule has 0 aliphatic carbocycles. The van der Waals surface area contributed by atoms with Gasteiger partial charge in [0.25, 0.3) is 0 Å². The van der Waals surface area contributed by atoms with Gasteiger partial charge in [0.15, 0.2) is 5.43 Å². The second kappa shape index (κ2) is 8.24. The maximum atomic E-state index is 13.0. The van der Waals surface area contributed by atoms with Crippen LogP contribution in [0.1, 0.15) is 39.2 Å². The van der Waals surface area contributed by atoms with Crippen molar-refractivity contribution in [3.63, 3.8) is 0 Å². The lowest BCUT2D eigenvalue weighted by Gasteiger charge is -2.28. The number of ether oxygens (including phenoxy) is 3. The molecule has 2 unspecified atom stereocenters. The Morgan fingerprint density at radius 2 is 1.75 bits per heavy atom. The highest BCUT2D eigenvalue weighted by Crippen LogP contribution is 2.45. The lowest BCUT2D eigenvalue weighted by atomic mass is 9.86. The van der Waals surface area contributed by atoms with Gasteiger partial charge in [-0.3, -0.25) is 14.4 Å². The Kier molecular flexibility index (Phi) is 5.60. The highest BCUT2D eigenvalue weighted by molar-refractivity contribution is 5.86. The lowest BCUT2D eigenvalue weighted by Crippen LogP contribution is -2.38. The Morgan fingerprint density at radius 3 is 2.41 bits per heavy atom. The largest absolute Gasteiger partial charge is 0.459 e. The van der Waals surface area contributed by atoms with E-state index in [1.807, 2.05) is 44.2 Å². The first kappa shape index (κ1) is 21.8. The number of carbonyl (C=O) groups is 2. The second-order valence-electron chi connectivity index (χ2n) is 8.34. The van der Waals surface area contributed by atoms with Crippen molar-refractivity contribution >= 4 is 22.9 Å². The smallest absolute Gasteiger partial charge is 0.308 e. The van der Waals surface area contributed by atoms with E-state index in [0.29, 0.717) is 16.7 Å². The fraction of sp³-hybridized carbons (Fsp3) is 0.320. The Balaban J connectivity index is 1.99. The van der Waals surface area contributed by atoms with Gasteiger partial charge in [-0.1, -0.05) is 30.3 Å². The highest BCUT2D eigenvalue weighted by Gasteiger charge is 2.48. The third-order valence-electron chi connectivity index (χ3n) is 5.56. The molecule has 0 saturated carbocycles. The van der Waals surface area contributed by atoms with Crippen LogP contribution in [0.2, 0.25) is 0 Å². The first-order chi connectivity index (χ1) is 15.2. The molecule has 1 aromatic heterocycles. The number of fused-ring (bicyclic) bond motifs is 1. The molecule has 3 aromatic rings. The molecule has 2 aromatic carbocycles. The molecule has 0 radical (unpaired) electrons. The molecule has 0 bridgehead atoms. The van der Waals surface area contributed by atoms with Crippen LogP contribution in [0, 0.1) is 0 Å². The van der Waals surface area contributed by atoms with Gasteiger partial charge in [0, 0.05) is 31.0 Å². The number of hydrogen-bond acceptors (Lipinski definition) is 7. The first-order valence-corrected chi connectivity index (χ1v) is 10.3. The predicted molar refractivity (Wildman–Crippen MR) is 118 cm³/mol. The molecular formula is C25H24O7. The normalized spacial score (nSPS) is 19.6. The number of benzene rings is 2. The summed E-state index contributed by atoms with van der Waals surface area (Å²) in [4.78, 5) is 36.7. The topological polar surface area (TPSA) is 92.0 Å². The standard InChI is InChI=1S/C25H24O7/c1-14(26)30-20-11-10-17-19(28)12-21(16-8-6-5-7-9-16)32-23(17)22(20)18-13-29-25(3,4)24(18)31-15(2)27/h5-12,18,24H,13H2,1-4H3. The van der Waals surface area contributed by atoms with Gasteiger partial charge in [0.2, 0.25) is 0 Å². The molecule has 166 valence electrons. The van der Waals surface area contributed by atoms with Crippen LogP contribution < -0.4 is 10.2 Å². The zero-order chi connectivity index (χ0) is 23.0. The first-order valence-electron chi connectivity index (χ1n) is 10.3. The zero-order valence-corrected chi connectivity index (χ0v) is 18.3. The molecule has 32 heavy (non-hydrogen) atoms. The fourth-order valence-electron chi connectivity index (χ4n) is 4.16. The lowest BCUT2D eigenvalue weighted by molar-refractivity contribution is -0.154. The minimum absolute atomic E-state index is 0.192. The monoisotopic (exact) mass is 436 g/mol. The molecule has 2 atom stereocenters.